The topological polar surface area (TPSA) is 46.6 Å². The fourth-order valence-electron chi connectivity index (χ4n) is 4.30. The summed E-state index contributed by atoms with van der Waals surface area (Å²) in [6, 6.07) is 17.6. The fraction of sp³-hybridized carbons (Fsp3) is 0.280. The molecule has 1 spiro atoms. The molecule has 1 saturated heterocycles. The van der Waals surface area contributed by atoms with Crippen LogP contribution in [0.5, 0.6) is 0 Å². The van der Waals surface area contributed by atoms with Crippen LogP contribution in [0.4, 0.5) is 0 Å². The number of carbonyl (C=O) groups is 2. The first-order chi connectivity index (χ1) is 14.7. The summed E-state index contributed by atoms with van der Waals surface area (Å²) in [6.45, 7) is 2.83. The number of likely N-dealkylation sites (tertiary alicyclic amines) is 1. The monoisotopic (exact) mass is 417 g/mol. The van der Waals surface area contributed by atoms with Crippen LogP contribution in [0.1, 0.15) is 34.3 Å². The molecule has 0 atom stereocenters. The van der Waals surface area contributed by atoms with Crippen LogP contribution < -0.4 is 0 Å². The molecule has 2 aromatic rings. The van der Waals surface area contributed by atoms with Gasteiger partial charge in [0.05, 0.1) is 0 Å². The van der Waals surface area contributed by atoms with Crippen molar-refractivity contribution in [1.82, 2.24) is 4.90 Å². The maximum absolute atomic E-state index is 12.6. The molecule has 1 aliphatic carbocycles. The molecule has 0 unspecified atom stereocenters. The van der Waals surface area contributed by atoms with Gasteiger partial charge in [-0.2, -0.15) is 0 Å². The maximum atomic E-state index is 12.6. The Bertz CT molecular complexity index is 1050. The second-order valence-corrected chi connectivity index (χ2v) is 9.04. The Hall–Kier alpha value is -2.63. The Balaban J connectivity index is 1.27. The number of nitrogens with zero attached hydrogens (tertiary/aromatic N) is 1. The van der Waals surface area contributed by atoms with Gasteiger partial charge in [-0.3, -0.25) is 14.5 Å². The summed E-state index contributed by atoms with van der Waals surface area (Å²) in [6.07, 6.45) is 6.21. The highest BCUT2D eigenvalue weighted by atomic mass is 32.2. The number of allylic oxidation sites excluding steroid dienone is 1. The zero-order valence-electron chi connectivity index (χ0n) is 16.7. The number of ether oxygens (including phenoxy) is 1. The molecular formula is C25H23NO3S. The summed E-state index contributed by atoms with van der Waals surface area (Å²) in [5.74, 6) is 0.494. The number of thioether (sulfide) groups is 1. The molecule has 152 valence electrons. The van der Waals surface area contributed by atoms with E-state index in [2.05, 4.69) is 29.2 Å². The molecule has 3 aliphatic rings. The number of carbonyl (C=O) groups excluding carboxylic acids is 2. The zero-order valence-corrected chi connectivity index (χ0v) is 17.5. The van der Waals surface area contributed by atoms with E-state index in [1.165, 1.54) is 17.3 Å². The van der Waals surface area contributed by atoms with E-state index in [0.717, 1.165) is 43.8 Å². The van der Waals surface area contributed by atoms with Gasteiger partial charge in [0.25, 0.3) is 0 Å². The highest BCUT2D eigenvalue weighted by Crippen LogP contribution is 2.47. The van der Waals surface area contributed by atoms with Crippen LogP contribution in [0.15, 0.2) is 65.6 Å². The average Bonchev–Trinajstić information content (AvgIpc) is 2.80. The van der Waals surface area contributed by atoms with Crippen molar-refractivity contribution in [2.45, 2.75) is 18.4 Å². The van der Waals surface area contributed by atoms with Crippen molar-refractivity contribution in [3.63, 3.8) is 0 Å². The number of fused-ring (bicyclic) bond motifs is 2. The smallest absolute Gasteiger partial charge is 0.243 e. The van der Waals surface area contributed by atoms with Crippen LogP contribution in [-0.2, 0) is 9.53 Å². The standard InChI is InChI=1S/C25H23NO3S/c27-21-19-10-4-5-11-20(19)23-24(22(21)28)30-17-25(29-23)12-15-26(16-13-25)14-6-9-18-7-2-1-3-8-18/h1-11H,12-17H2. The van der Waals surface area contributed by atoms with Gasteiger partial charge in [0.1, 0.15) is 16.3 Å². The molecule has 0 bridgehead atoms. The van der Waals surface area contributed by atoms with Gasteiger partial charge in [0, 0.05) is 49.4 Å². The lowest BCUT2D eigenvalue weighted by atomic mass is 9.90. The lowest BCUT2D eigenvalue weighted by Gasteiger charge is -2.45. The predicted molar refractivity (Wildman–Crippen MR) is 120 cm³/mol. The van der Waals surface area contributed by atoms with Gasteiger partial charge in [-0.1, -0.05) is 66.7 Å². The number of piperidine rings is 1. The molecule has 2 aliphatic heterocycles. The van der Waals surface area contributed by atoms with Crippen molar-refractivity contribution < 1.29 is 14.3 Å². The first-order valence-corrected chi connectivity index (χ1v) is 11.3. The SMILES string of the molecule is O=C1C(=O)c2ccccc2C2=C1SCC1(CCN(CC=Cc3ccccc3)CC1)O2. The molecule has 2 aromatic carbocycles. The van der Waals surface area contributed by atoms with Crippen LogP contribution in [0.3, 0.4) is 0 Å². The Kier molecular flexibility index (Phi) is 5.09. The van der Waals surface area contributed by atoms with Crippen LogP contribution in [0.25, 0.3) is 11.8 Å². The van der Waals surface area contributed by atoms with Crippen LogP contribution >= 0.6 is 11.8 Å². The van der Waals surface area contributed by atoms with E-state index in [4.69, 9.17) is 4.74 Å². The van der Waals surface area contributed by atoms with E-state index < -0.39 is 11.6 Å². The molecular weight excluding hydrogens is 394 g/mol. The van der Waals surface area contributed by atoms with Gasteiger partial charge in [0.2, 0.25) is 11.6 Å². The van der Waals surface area contributed by atoms with Gasteiger partial charge >= 0.3 is 0 Å². The number of ketones is 2. The lowest BCUT2D eigenvalue weighted by molar-refractivity contribution is -0.111. The third kappa shape index (κ3) is 3.53. The molecule has 0 radical (unpaired) electrons. The summed E-state index contributed by atoms with van der Waals surface area (Å²) in [7, 11) is 0. The largest absolute Gasteiger partial charge is 0.484 e. The first-order valence-electron chi connectivity index (χ1n) is 10.3. The summed E-state index contributed by atoms with van der Waals surface area (Å²) >= 11 is 1.50. The number of rotatable bonds is 3. The average molecular weight is 418 g/mol. The molecule has 30 heavy (non-hydrogen) atoms. The zero-order chi connectivity index (χ0) is 20.6. The molecule has 0 N–H and O–H groups in total. The van der Waals surface area contributed by atoms with Crippen molar-refractivity contribution in [3.05, 3.63) is 82.3 Å². The van der Waals surface area contributed by atoms with Crippen LogP contribution in [-0.4, -0.2) is 47.5 Å². The van der Waals surface area contributed by atoms with Crippen molar-refractivity contribution in [2.75, 3.05) is 25.4 Å². The van der Waals surface area contributed by atoms with E-state index in [0.29, 0.717) is 16.2 Å². The van der Waals surface area contributed by atoms with E-state index in [9.17, 15) is 9.59 Å². The minimum absolute atomic E-state index is 0.267. The third-order valence-electron chi connectivity index (χ3n) is 6.07. The minimum Gasteiger partial charge on any atom is -0.484 e. The second kappa shape index (κ2) is 7.89. The molecule has 5 rings (SSSR count). The number of hydrogen-bond acceptors (Lipinski definition) is 5. The van der Waals surface area contributed by atoms with Gasteiger partial charge in [-0.25, -0.2) is 0 Å². The Morgan fingerprint density at radius 3 is 2.40 bits per heavy atom. The van der Waals surface area contributed by atoms with Gasteiger partial charge in [0.15, 0.2) is 0 Å². The summed E-state index contributed by atoms with van der Waals surface area (Å²) < 4.78 is 6.53. The molecule has 0 aromatic heterocycles. The number of hydrogen-bond donors (Lipinski definition) is 0. The molecule has 0 amide bonds. The van der Waals surface area contributed by atoms with Crippen molar-refractivity contribution in [2.24, 2.45) is 0 Å². The van der Waals surface area contributed by atoms with E-state index in [-0.39, 0.29) is 5.60 Å². The molecule has 5 heteroatoms. The number of benzene rings is 2. The predicted octanol–water partition coefficient (Wildman–Crippen LogP) is 4.43. The Labute approximate surface area is 180 Å². The summed E-state index contributed by atoms with van der Waals surface area (Å²) in [5, 5.41) is 0. The summed E-state index contributed by atoms with van der Waals surface area (Å²) in [4.78, 5) is 27.9. The molecule has 1 fully saturated rings. The van der Waals surface area contributed by atoms with Gasteiger partial charge in [-0.15, -0.1) is 11.8 Å². The van der Waals surface area contributed by atoms with Crippen molar-refractivity contribution >= 4 is 35.2 Å². The van der Waals surface area contributed by atoms with Crippen LogP contribution in [0, 0.1) is 0 Å². The maximum Gasteiger partial charge on any atom is 0.243 e. The molecule has 4 nitrogen and oxygen atoms in total. The van der Waals surface area contributed by atoms with Crippen LogP contribution in [0.2, 0.25) is 0 Å². The van der Waals surface area contributed by atoms with Crippen molar-refractivity contribution in [1.29, 1.82) is 0 Å². The van der Waals surface area contributed by atoms with E-state index >= 15 is 0 Å². The summed E-state index contributed by atoms with van der Waals surface area (Å²) in [5.41, 5.74) is 2.17. The van der Waals surface area contributed by atoms with E-state index in [1.807, 2.05) is 30.3 Å². The first kappa shape index (κ1) is 19.3. The third-order valence-corrected chi connectivity index (χ3v) is 7.40. The normalized spacial score (nSPS) is 20.9. The van der Waals surface area contributed by atoms with Gasteiger partial charge < -0.3 is 4.74 Å². The van der Waals surface area contributed by atoms with Gasteiger partial charge in [-0.05, 0) is 5.56 Å². The lowest BCUT2D eigenvalue weighted by Crippen LogP contribution is -2.49. The number of Topliss-reactive ketones (excluding diaryl/α,β-unsaturated/α-hetero) is 2. The fourth-order valence-corrected chi connectivity index (χ4v) is 5.57. The highest BCUT2D eigenvalue weighted by molar-refractivity contribution is 8.04. The quantitative estimate of drug-likeness (QED) is 0.692. The Morgan fingerprint density at radius 1 is 0.933 bits per heavy atom. The highest BCUT2D eigenvalue weighted by Gasteiger charge is 2.45. The Morgan fingerprint density at radius 2 is 1.63 bits per heavy atom. The molecule has 0 saturated carbocycles. The van der Waals surface area contributed by atoms with E-state index in [1.54, 1.807) is 12.1 Å². The molecule has 2 heterocycles. The minimum atomic E-state index is -0.424. The van der Waals surface area contributed by atoms with Crippen molar-refractivity contribution in [3.8, 4) is 0 Å². The second-order valence-electron chi connectivity index (χ2n) is 8.05.